The minimum absolute atomic E-state index is 0.142. The highest BCUT2D eigenvalue weighted by atomic mass is 16.6. The Kier molecular flexibility index (Phi) is 5.68. The van der Waals surface area contributed by atoms with E-state index in [4.69, 9.17) is 4.74 Å². The molecule has 22 heavy (non-hydrogen) atoms. The van der Waals surface area contributed by atoms with E-state index in [-0.39, 0.29) is 5.60 Å². The lowest BCUT2D eigenvalue weighted by Gasteiger charge is -2.20. The van der Waals surface area contributed by atoms with Crippen molar-refractivity contribution in [3.05, 3.63) is 34.9 Å². The summed E-state index contributed by atoms with van der Waals surface area (Å²) in [4.78, 5) is 0. The second-order valence-corrected chi connectivity index (χ2v) is 7.60. The highest BCUT2D eigenvalue weighted by Crippen LogP contribution is 2.44. The van der Waals surface area contributed by atoms with Gasteiger partial charge in [-0.1, -0.05) is 43.2 Å². The summed E-state index contributed by atoms with van der Waals surface area (Å²) >= 11 is 0. The van der Waals surface area contributed by atoms with Gasteiger partial charge in [0.25, 0.3) is 0 Å². The summed E-state index contributed by atoms with van der Waals surface area (Å²) in [6.45, 7) is 10.8. The Morgan fingerprint density at radius 2 is 1.91 bits per heavy atom. The van der Waals surface area contributed by atoms with E-state index in [0.717, 1.165) is 31.3 Å². The van der Waals surface area contributed by atoms with Gasteiger partial charge in [-0.3, -0.25) is 0 Å². The minimum atomic E-state index is -0.404. The first-order valence-corrected chi connectivity index (χ1v) is 8.70. The third-order valence-corrected chi connectivity index (χ3v) is 5.08. The van der Waals surface area contributed by atoms with Gasteiger partial charge >= 0.3 is 0 Å². The first-order valence-electron chi connectivity index (χ1n) is 8.70. The van der Waals surface area contributed by atoms with Crippen molar-refractivity contribution < 1.29 is 9.84 Å². The lowest BCUT2D eigenvalue weighted by atomic mass is 9.88. The normalized spacial score (nSPS) is 41.3. The number of aliphatic hydroxyl groups is 1. The Balaban J connectivity index is 2.21. The molecule has 2 heteroatoms. The van der Waals surface area contributed by atoms with Gasteiger partial charge in [-0.2, -0.15) is 0 Å². The van der Waals surface area contributed by atoms with Gasteiger partial charge in [0.15, 0.2) is 0 Å². The molecule has 0 unspecified atom stereocenters. The Labute approximate surface area is 136 Å². The smallest absolute Gasteiger partial charge is 0.0948 e. The lowest BCUT2D eigenvalue weighted by Crippen LogP contribution is -2.24. The topological polar surface area (TPSA) is 32.8 Å². The van der Waals surface area contributed by atoms with Crippen molar-refractivity contribution >= 4 is 0 Å². The van der Waals surface area contributed by atoms with E-state index in [1.54, 1.807) is 0 Å². The van der Waals surface area contributed by atoms with E-state index in [9.17, 15) is 5.11 Å². The molecule has 1 heterocycles. The summed E-state index contributed by atoms with van der Waals surface area (Å²) < 4.78 is 5.92. The monoisotopic (exact) mass is 304 g/mol. The average Bonchev–Trinajstić information content (AvgIpc) is 3.05. The highest BCUT2D eigenvalue weighted by molar-refractivity contribution is 5.23. The molecule has 3 atom stereocenters. The van der Waals surface area contributed by atoms with Crippen LogP contribution in [0.15, 0.2) is 34.9 Å². The maximum atomic E-state index is 10.7. The van der Waals surface area contributed by atoms with E-state index < -0.39 is 6.10 Å². The van der Waals surface area contributed by atoms with E-state index in [0.29, 0.717) is 18.4 Å². The van der Waals surface area contributed by atoms with Gasteiger partial charge in [0.05, 0.1) is 17.8 Å². The van der Waals surface area contributed by atoms with Crippen LogP contribution in [0.3, 0.4) is 0 Å². The Hall–Kier alpha value is -0.860. The van der Waals surface area contributed by atoms with Crippen LogP contribution in [0.1, 0.15) is 66.7 Å². The molecule has 124 valence electrons. The van der Waals surface area contributed by atoms with Gasteiger partial charge in [0.2, 0.25) is 0 Å². The van der Waals surface area contributed by atoms with Crippen molar-refractivity contribution in [1.29, 1.82) is 0 Å². The zero-order valence-corrected chi connectivity index (χ0v) is 14.9. The molecule has 0 aromatic heterocycles. The average molecular weight is 304 g/mol. The van der Waals surface area contributed by atoms with Gasteiger partial charge in [-0.05, 0) is 57.9 Å². The second-order valence-electron chi connectivity index (χ2n) is 7.60. The molecule has 1 N–H and O–H groups in total. The van der Waals surface area contributed by atoms with Gasteiger partial charge in [-0.25, -0.2) is 0 Å². The molecule has 1 aliphatic heterocycles. The summed E-state index contributed by atoms with van der Waals surface area (Å²) in [5.41, 5.74) is 3.81. The quantitative estimate of drug-likeness (QED) is 0.549. The summed E-state index contributed by atoms with van der Waals surface area (Å²) in [5.74, 6) is 0.356. The number of hydrogen-bond acceptors (Lipinski definition) is 2. The van der Waals surface area contributed by atoms with Crippen LogP contribution < -0.4 is 0 Å². The second kappa shape index (κ2) is 7.14. The van der Waals surface area contributed by atoms with Crippen molar-refractivity contribution in [2.24, 2.45) is 5.92 Å². The predicted octanol–water partition coefficient (Wildman–Crippen LogP) is 4.94. The van der Waals surface area contributed by atoms with E-state index in [1.165, 1.54) is 11.1 Å². The number of fused-ring (bicyclic) bond motifs is 1. The van der Waals surface area contributed by atoms with E-state index in [2.05, 4.69) is 52.8 Å². The van der Waals surface area contributed by atoms with E-state index in [1.807, 2.05) is 0 Å². The standard InChI is InChI=1S/C20H32O2/c1-14(2)17-11-9-15(3)7-6-8-16(4)10-12-19-20(5,22-19)13-18(17)21/h8-9,11,14,18-19,21H,6-7,10,12-13H2,1-5H3/b15-9-,16-8+,17-11-/t18-,19-,20-/m0/s1. The van der Waals surface area contributed by atoms with Crippen LogP contribution in [0.2, 0.25) is 0 Å². The molecule has 2 rings (SSSR count). The van der Waals surface area contributed by atoms with Crippen LogP contribution in [0, 0.1) is 5.92 Å². The molecule has 0 saturated carbocycles. The number of ether oxygens (including phenoxy) is 1. The van der Waals surface area contributed by atoms with Gasteiger partial charge < -0.3 is 9.84 Å². The molecule has 1 saturated heterocycles. The Bertz CT molecular complexity index is 484. The number of allylic oxidation sites excluding steroid dienone is 5. The molecule has 1 fully saturated rings. The van der Waals surface area contributed by atoms with Crippen molar-refractivity contribution in [1.82, 2.24) is 0 Å². The molecule has 2 nitrogen and oxygen atoms in total. The van der Waals surface area contributed by atoms with Crippen molar-refractivity contribution in [3.8, 4) is 0 Å². The highest BCUT2D eigenvalue weighted by Gasteiger charge is 2.52. The van der Waals surface area contributed by atoms with Gasteiger partial charge in [0.1, 0.15) is 0 Å². The van der Waals surface area contributed by atoms with Crippen molar-refractivity contribution in [3.63, 3.8) is 0 Å². The number of hydrogen-bond donors (Lipinski definition) is 1. The van der Waals surface area contributed by atoms with Crippen LogP contribution >= 0.6 is 0 Å². The fourth-order valence-corrected chi connectivity index (χ4v) is 3.35. The molecule has 2 aliphatic rings. The van der Waals surface area contributed by atoms with Crippen LogP contribution in [0.5, 0.6) is 0 Å². The van der Waals surface area contributed by atoms with Gasteiger partial charge in [0, 0.05) is 6.42 Å². The first kappa shape index (κ1) is 17.5. The van der Waals surface area contributed by atoms with E-state index >= 15 is 0 Å². The number of aliphatic hydroxyl groups excluding tert-OH is 1. The number of epoxide rings is 1. The van der Waals surface area contributed by atoms with Gasteiger partial charge in [-0.15, -0.1) is 0 Å². The number of rotatable bonds is 1. The van der Waals surface area contributed by atoms with Crippen LogP contribution in [0.4, 0.5) is 0 Å². The molecule has 0 amide bonds. The first-order chi connectivity index (χ1) is 10.3. The van der Waals surface area contributed by atoms with Crippen molar-refractivity contribution in [2.45, 2.75) is 84.5 Å². The molecule has 0 radical (unpaired) electrons. The molecule has 0 bridgehead atoms. The lowest BCUT2D eigenvalue weighted by molar-refractivity contribution is 0.151. The molecule has 0 aromatic carbocycles. The third-order valence-electron chi connectivity index (χ3n) is 5.08. The predicted molar refractivity (Wildman–Crippen MR) is 92.8 cm³/mol. The minimum Gasteiger partial charge on any atom is -0.389 e. The molecule has 0 aromatic rings. The zero-order valence-electron chi connectivity index (χ0n) is 14.9. The Morgan fingerprint density at radius 3 is 2.59 bits per heavy atom. The Morgan fingerprint density at radius 1 is 1.18 bits per heavy atom. The molecule has 1 aliphatic carbocycles. The summed E-state index contributed by atoms with van der Waals surface area (Å²) in [6.07, 6.45) is 11.7. The third kappa shape index (κ3) is 4.57. The molecular weight excluding hydrogens is 272 g/mol. The van der Waals surface area contributed by atoms with Crippen molar-refractivity contribution in [2.75, 3.05) is 0 Å². The summed E-state index contributed by atoms with van der Waals surface area (Å²) in [6, 6.07) is 0. The molecular formula is C20H32O2. The SMILES string of the molecule is C/C1=C/C=C(/C(C)C)[C@@H](O)C[C@]2(C)O[C@H]2CC/C(C)=C/CC1. The van der Waals surface area contributed by atoms with Crippen LogP contribution in [-0.2, 0) is 4.74 Å². The maximum Gasteiger partial charge on any atom is 0.0948 e. The zero-order chi connectivity index (χ0) is 16.3. The fourth-order valence-electron chi connectivity index (χ4n) is 3.35. The maximum absolute atomic E-state index is 10.7. The summed E-state index contributed by atoms with van der Waals surface area (Å²) in [7, 11) is 0. The largest absolute Gasteiger partial charge is 0.389 e. The van der Waals surface area contributed by atoms with Crippen LogP contribution in [0.25, 0.3) is 0 Å². The summed E-state index contributed by atoms with van der Waals surface area (Å²) in [5, 5.41) is 10.7. The molecule has 0 spiro atoms. The fraction of sp³-hybridized carbons (Fsp3) is 0.700. The van der Waals surface area contributed by atoms with Crippen LogP contribution in [-0.4, -0.2) is 22.9 Å².